The number of nitrogens with zero attached hydrogens (tertiary/aromatic N) is 3. The van der Waals surface area contributed by atoms with Crippen LogP contribution in [0.2, 0.25) is 0 Å². The minimum Gasteiger partial charge on any atom is -0.504 e. The van der Waals surface area contributed by atoms with E-state index in [1.807, 2.05) is 0 Å². The van der Waals surface area contributed by atoms with Crippen molar-refractivity contribution in [1.82, 2.24) is 14.7 Å². The van der Waals surface area contributed by atoms with Crippen LogP contribution in [0.4, 0.5) is 4.39 Å². The van der Waals surface area contributed by atoms with Gasteiger partial charge in [0, 0.05) is 19.2 Å². The summed E-state index contributed by atoms with van der Waals surface area (Å²) >= 11 is 0. The molecule has 1 aromatic carbocycles. The number of aromatic nitrogens is 2. The molecule has 0 bridgehead atoms. The quantitative estimate of drug-likeness (QED) is 0.871. The number of hydrogen-bond donors (Lipinski definition) is 2. The van der Waals surface area contributed by atoms with Gasteiger partial charge >= 0.3 is 0 Å². The van der Waals surface area contributed by atoms with Crippen LogP contribution in [0.25, 0.3) is 5.69 Å². The molecule has 3 rings (SSSR count). The van der Waals surface area contributed by atoms with E-state index in [9.17, 15) is 14.3 Å². The molecule has 134 valence electrons. The van der Waals surface area contributed by atoms with Gasteiger partial charge in [-0.15, -0.1) is 0 Å². The van der Waals surface area contributed by atoms with E-state index in [0.717, 1.165) is 19.3 Å². The van der Waals surface area contributed by atoms with Crippen LogP contribution in [-0.4, -0.2) is 50.0 Å². The lowest BCUT2D eigenvalue weighted by molar-refractivity contribution is 0.0715. The number of aryl methyl sites for hydroxylation is 1. The third-order valence-electron chi connectivity index (χ3n) is 4.64. The largest absolute Gasteiger partial charge is 0.504 e. The zero-order valence-electron chi connectivity index (χ0n) is 14.2. The summed E-state index contributed by atoms with van der Waals surface area (Å²) in [6, 6.07) is 4.32. The molecule has 1 amide bonds. The number of carbonyl (C=O) groups excluding carboxylic acids is 1. The highest BCUT2D eigenvalue weighted by molar-refractivity contribution is 5.95. The van der Waals surface area contributed by atoms with Crippen LogP contribution in [0.1, 0.15) is 41.7 Å². The van der Waals surface area contributed by atoms with Crippen molar-refractivity contribution in [3.63, 3.8) is 0 Å². The number of halogens is 1. The molecule has 0 saturated carbocycles. The second-order valence-corrected chi connectivity index (χ2v) is 6.40. The van der Waals surface area contributed by atoms with E-state index in [2.05, 4.69) is 5.10 Å². The molecule has 6 nitrogen and oxygen atoms in total. The summed E-state index contributed by atoms with van der Waals surface area (Å²) in [5.41, 5.74) is 1.26. The van der Waals surface area contributed by atoms with Crippen LogP contribution in [0.3, 0.4) is 0 Å². The Labute approximate surface area is 145 Å². The molecule has 0 radical (unpaired) electrons. The normalized spacial score (nSPS) is 17.2. The molecule has 0 spiro atoms. The molecule has 1 atom stereocenters. The summed E-state index contributed by atoms with van der Waals surface area (Å²) in [6.45, 7) is 2.46. The molecular weight excluding hydrogens is 325 g/mol. The topological polar surface area (TPSA) is 78.6 Å². The Bertz CT molecular complexity index is 775. The predicted molar refractivity (Wildman–Crippen MR) is 90.3 cm³/mol. The first kappa shape index (κ1) is 17.4. The number of benzene rings is 1. The highest BCUT2D eigenvalue weighted by Gasteiger charge is 2.32. The van der Waals surface area contributed by atoms with Crippen LogP contribution in [-0.2, 0) is 0 Å². The van der Waals surface area contributed by atoms with E-state index in [4.69, 9.17) is 5.11 Å². The van der Waals surface area contributed by atoms with Crippen molar-refractivity contribution in [1.29, 1.82) is 0 Å². The summed E-state index contributed by atoms with van der Waals surface area (Å²) in [6.07, 6.45) is 4.54. The smallest absolute Gasteiger partial charge is 0.278 e. The summed E-state index contributed by atoms with van der Waals surface area (Å²) in [5.74, 6) is -0.851. The number of hydrogen-bond acceptors (Lipinski definition) is 4. The molecule has 1 fully saturated rings. The molecule has 2 aromatic rings. The average molecular weight is 347 g/mol. The van der Waals surface area contributed by atoms with Gasteiger partial charge in [-0.1, -0.05) is 0 Å². The standard InChI is InChI=1S/C18H22FN3O3/c1-12-10-13(19)6-7-15(12)22-11-16(24)17(20-22)18(25)21-8-2-4-14(21)5-3-9-23/h6-7,10-11,14,23-24H,2-5,8-9H2,1H3. The van der Waals surface area contributed by atoms with Gasteiger partial charge in [0.1, 0.15) is 5.82 Å². The van der Waals surface area contributed by atoms with Crippen molar-refractivity contribution in [3.8, 4) is 11.4 Å². The lowest BCUT2D eigenvalue weighted by Crippen LogP contribution is -2.36. The number of carbonyl (C=O) groups is 1. The van der Waals surface area contributed by atoms with Crippen LogP contribution < -0.4 is 0 Å². The van der Waals surface area contributed by atoms with Crippen LogP contribution in [0.5, 0.6) is 5.75 Å². The zero-order valence-corrected chi connectivity index (χ0v) is 14.2. The van der Waals surface area contributed by atoms with Crippen LogP contribution in [0.15, 0.2) is 24.4 Å². The Morgan fingerprint density at radius 1 is 1.44 bits per heavy atom. The molecule has 1 aromatic heterocycles. The van der Waals surface area contributed by atoms with Gasteiger partial charge in [-0.3, -0.25) is 4.79 Å². The molecule has 1 aliphatic heterocycles. The first-order chi connectivity index (χ1) is 12.0. The molecule has 25 heavy (non-hydrogen) atoms. The molecule has 0 aliphatic carbocycles. The fourth-order valence-electron chi connectivity index (χ4n) is 3.38. The summed E-state index contributed by atoms with van der Waals surface area (Å²) < 4.78 is 14.7. The van der Waals surface area contributed by atoms with Gasteiger partial charge in [-0.05, 0) is 56.4 Å². The van der Waals surface area contributed by atoms with Gasteiger partial charge in [-0.25, -0.2) is 9.07 Å². The minimum absolute atomic E-state index is 0.000349. The fourth-order valence-corrected chi connectivity index (χ4v) is 3.38. The zero-order chi connectivity index (χ0) is 18.0. The van der Waals surface area contributed by atoms with E-state index in [1.165, 1.54) is 23.0 Å². The van der Waals surface area contributed by atoms with Crippen molar-refractivity contribution in [2.45, 2.75) is 38.6 Å². The molecule has 1 unspecified atom stereocenters. The predicted octanol–water partition coefficient (Wildman–Crippen LogP) is 2.40. The number of aromatic hydroxyl groups is 1. The Balaban J connectivity index is 1.85. The van der Waals surface area contributed by atoms with Gasteiger partial charge in [0.2, 0.25) is 0 Å². The number of aliphatic hydroxyl groups excluding tert-OH is 1. The summed E-state index contributed by atoms with van der Waals surface area (Å²) in [7, 11) is 0. The first-order valence-electron chi connectivity index (χ1n) is 8.48. The number of rotatable bonds is 5. The van der Waals surface area contributed by atoms with E-state index in [1.54, 1.807) is 17.9 Å². The Morgan fingerprint density at radius 2 is 2.24 bits per heavy atom. The second-order valence-electron chi connectivity index (χ2n) is 6.40. The lowest BCUT2D eigenvalue weighted by Gasteiger charge is -2.23. The molecule has 2 N–H and O–H groups in total. The first-order valence-corrected chi connectivity index (χ1v) is 8.48. The molecule has 1 aliphatic rings. The van der Waals surface area contributed by atoms with Gasteiger partial charge in [-0.2, -0.15) is 5.10 Å². The number of likely N-dealkylation sites (tertiary alicyclic amines) is 1. The SMILES string of the molecule is Cc1cc(F)ccc1-n1cc(O)c(C(=O)N2CCCC2CCCO)n1. The Kier molecular flexibility index (Phi) is 5.03. The van der Waals surface area contributed by atoms with Gasteiger partial charge in [0.15, 0.2) is 11.4 Å². The van der Waals surface area contributed by atoms with E-state index >= 15 is 0 Å². The van der Waals surface area contributed by atoms with Crippen molar-refractivity contribution < 1.29 is 19.4 Å². The van der Waals surface area contributed by atoms with E-state index in [0.29, 0.717) is 24.2 Å². The summed E-state index contributed by atoms with van der Waals surface area (Å²) in [4.78, 5) is 14.5. The number of aliphatic hydroxyl groups is 1. The summed E-state index contributed by atoms with van der Waals surface area (Å²) in [5, 5.41) is 23.4. The van der Waals surface area contributed by atoms with Gasteiger partial charge < -0.3 is 15.1 Å². The minimum atomic E-state index is -0.349. The van der Waals surface area contributed by atoms with Crippen molar-refractivity contribution in [3.05, 3.63) is 41.5 Å². The maximum atomic E-state index is 13.3. The third kappa shape index (κ3) is 3.51. The second kappa shape index (κ2) is 7.23. The van der Waals surface area contributed by atoms with Gasteiger partial charge in [0.25, 0.3) is 5.91 Å². The van der Waals surface area contributed by atoms with Gasteiger partial charge in [0.05, 0.1) is 11.9 Å². The Morgan fingerprint density at radius 3 is 2.96 bits per heavy atom. The van der Waals surface area contributed by atoms with Crippen LogP contribution >= 0.6 is 0 Å². The highest BCUT2D eigenvalue weighted by Crippen LogP contribution is 2.27. The molecule has 7 heteroatoms. The van der Waals surface area contributed by atoms with Crippen molar-refractivity contribution in [2.24, 2.45) is 0 Å². The molecule has 2 heterocycles. The van der Waals surface area contributed by atoms with E-state index < -0.39 is 0 Å². The van der Waals surface area contributed by atoms with E-state index in [-0.39, 0.29) is 35.8 Å². The van der Waals surface area contributed by atoms with Crippen molar-refractivity contribution in [2.75, 3.05) is 13.2 Å². The molecule has 1 saturated heterocycles. The highest BCUT2D eigenvalue weighted by atomic mass is 19.1. The lowest BCUT2D eigenvalue weighted by atomic mass is 10.1. The maximum Gasteiger partial charge on any atom is 0.278 e. The average Bonchev–Trinajstić information content (AvgIpc) is 3.19. The maximum absolute atomic E-state index is 13.3. The Hall–Kier alpha value is -2.41. The fraction of sp³-hybridized carbons (Fsp3) is 0.444. The number of amides is 1. The van der Waals surface area contributed by atoms with Crippen LogP contribution in [0, 0.1) is 12.7 Å². The third-order valence-corrected chi connectivity index (χ3v) is 4.64. The van der Waals surface area contributed by atoms with Crippen molar-refractivity contribution >= 4 is 5.91 Å². The monoisotopic (exact) mass is 347 g/mol. The molecular formula is C18H22FN3O3.